The average Bonchev–Trinajstić information content (AvgIpc) is 3.43. The Labute approximate surface area is 206 Å². The van der Waals surface area contributed by atoms with Crippen LogP contribution in [0.5, 0.6) is 0 Å². The Morgan fingerprint density at radius 2 is 1.61 bits per heavy atom. The highest BCUT2D eigenvalue weighted by atomic mass is 32.2. The first kappa shape index (κ1) is 25.5. The van der Waals surface area contributed by atoms with Gasteiger partial charge in [-0.1, -0.05) is 42.0 Å². The van der Waals surface area contributed by atoms with Crippen molar-refractivity contribution < 1.29 is 26.1 Å². The second kappa shape index (κ2) is 9.78. The van der Waals surface area contributed by atoms with E-state index in [1.807, 2.05) is 29.9 Å². The first-order chi connectivity index (χ1) is 16.9. The Hall–Kier alpha value is -3.64. The van der Waals surface area contributed by atoms with Gasteiger partial charge >= 0.3 is 6.18 Å². The summed E-state index contributed by atoms with van der Waals surface area (Å²) in [5, 5.41) is 3.97. The summed E-state index contributed by atoms with van der Waals surface area (Å²) < 4.78 is 71.0. The van der Waals surface area contributed by atoms with E-state index >= 15 is 0 Å². The highest BCUT2D eigenvalue weighted by Crippen LogP contribution is 2.32. The molecule has 2 aromatic heterocycles. The van der Waals surface area contributed by atoms with E-state index in [0.29, 0.717) is 11.3 Å². The Morgan fingerprint density at radius 1 is 1.00 bits per heavy atom. The fourth-order valence-electron chi connectivity index (χ4n) is 3.71. The minimum atomic E-state index is -4.41. The van der Waals surface area contributed by atoms with E-state index in [-0.39, 0.29) is 4.90 Å². The van der Waals surface area contributed by atoms with Crippen molar-refractivity contribution in [1.29, 1.82) is 0 Å². The number of hydrogen-bond donors (Lipinski definition) is 2. The SMILES string of the molecule is Cc1ccc(S(=O)(=O)O)cc1.Cn1nc(-c2ccc(-c3cn4c(n3)CCCN4)cc2)cc1C(F)(F)F. The van der Waals surface area contributed by atoms with Crippen LogP contribution in [0.25, 0.3) is 22.5 Å². The van der Waals surface area contributed by atoms with Gasteiger partial charge in [0.25, 0.3) is 10.1 Å². The van der Waals surface area contributed by atoms with Crippen LogP contribution in [0, 0.1) is 6.92 Å². The minimum Gasteiger partial charge on any atom is -0.325 e. The number of benzene rings is 2. The Balaban J connectivity index is 0.000000233. The standard InChI is InChI=1S/C17H16F3N5.C7H8O3S/c1-24-15(17(18,19)20)9-13(23-24)11-4-6-12(7-5-11)14-10-25-16(22-14)3-2-8-21-25;1-6-2-4-7(5-3-6)11(8,9)10/h4-7,9-10,21H,2-3,8H2,1H3;2-5H,1H3,(H,8,9,10). The van der Waals surface area contributed by atoms with Gasteiger partial charge in [-0.2, -0.15) is 26.7 Å². The van der Waals surface area contributed by atoms with Crippen LogP contribution >= 0.6 is 0 Å². The molecule has 36 heavy (non-hydrogen) atoms. The van der Waals surface area contributed by atoms with Gasteiger partial charge in [-0.3, -0.25) is 13.9 Å². The highest BCUT2D eigenvalue weighted by molar-refractivity contribution is 7.85. The molecule has 0 saturated carbocycles. The van der Waals surface area contributed by atoms with Crippen molar-refractivity contribution in [2.75, 3.05) is 12.0 Å². The normalized spacial score (nSPS) is 13.4. The molecule has 0 bridgehead atoms. The molecule has 12 heteroatoms. The van der Waals surface area contributed by atoms with Crippen LogP contribution < -0.4 is 5.43 Å². The molecular formula is C24H24F3N5O3S. The molecule has 5 rings (SSSR count). The van der Waals surface area contributed by atoms with Gasteiger partial charge in [0.05, 0.1) is 22.5 Å². The monoisotopic (exact) mass is 519 g/mol. The molecule has 3 heterocycles. The zero-order chi connectivity index (χ0) is 26.1. The van der Waals surface area contributed by atoms with Crippen LogP contribution in [0.4, 0.5) is 13.2 Å². The predicted molar refractivity (Wildman–Crippen MR) is 128 cm³/mol. The Kier molecular flexibility index (Phi) is 6.92. The predicted octanol–water partition coefficient (Wildman–Crippen LogP) is 4.70. The molecule has 4 aromatic rings. The number of fused-ring (bicyclic) bond motifs is 1. The van der Waals surface area contributed by atoms with Gasteiger partial charge in [0, 0.05) is 31.1 Å². The summed E-state index contributed by atoms with van der Waals surface area (Å²) in [6.07, 6.45) is -0.496. The third-order valence-electron chi connectivity index (χ3n) is 5.60. The maximum Gasteiger partial charge on any atom is 0.433 e. The second-order valence-corrected chi connectivity index (χ2v) is 9.75. The van der Waals surface area contributed by atoms with Gasteiger partial charge in [0.2, 0.25) is 0 Å². The van der Waals surface area contributed by atoms with E-state index < -0.39 is 22.0 Å². The highest BCUT2D eigenvalue weighted by Gasteiger charge is 2.35. The molecule has 1 aliphatic rings. The molecule has 0 spiro atoms. The van der Waals surface area contributed by atoms with Crippen molar-refractivity contribution >= 4 is 10.1 Å². The maximum atomic E-state index is 12.9. The minimum absolute atomic E-state index is 0.0666. The van der Waals surface area contributed by atoms with Crippen LogP contribution in [-0.4, -0.2) is 39.0 Å². The van der Waals surface area contributed by atoms with Gasteiger partial charge in [-0.25, -0.2) is 4.98 Å². The van der Waals surface area contributed by atoms with Gasteiger partial charge in [-0.15, -0.1) is 0 Å². The van der Waals surface area contributed by atoms with Crippen LogP contribution in [0.1, 0.15) is 23.5 Å². The Morgan fingerprint density at radius 3 is 2.14 bits per heavy atom. The molecule has 0 aliphatic carbocycles. The molecule has 0 atom stereocenters. The maximum absolute atomic E-state index is 12.9. The van der Waals surface area contributed by atoms with Gasteiger partial charge in [-0.05, 0) is 31.5 Å². The summed E-state index contributed by atoms with van der Waals surface area (Å²) in [5.74, 6) is 0.991. The molecule has 1 aliphatic heterocycles. The number of nitrogens with one attached hydrogen (secondary N) is 1. The van der Waals surface area contributed by atoms with Crippen molar-refractivity contribution in [3.63, 3.8) is 0 Å². The number of halogens is 3. The zero-order valence-corrected chi connectivity index (χ0v) is 20.3. The van der Waals surface area contributed by atoms with E-state index in [0.717, 1.165) is 52.8 Å². The lowest BCUT2D eigenvalue weighted by Crippen LogP contribution is -2.23. The van der Waals surface area contributed by atoms with Crippen molar-refractivity contribution in [2.45, 2.75) is 30.8 Å². The fraction of sp³-hybridized carbons (Fsp3) is 0.250. The molecule has 0 saturated heterocycles. The van der Waals surface area contributed by atoms with E-state index in [1.54, 1.807) is 24.3 Å². The summed E-state index contributed by atoms with van der Waals surface area (Å²) in [4.78, 5) is 4.54. The smallest absolute Gasteiger partial charge is 0.325 e. The summed E-state index contributed by atoms with van der Waals surface area (Å²) in [7, 11) is -2.72. The van der Waals surface area contributed by atoms with Gasteiger partial charge in [0.1, 0.15) is 11.5 Å². The fourth-order valence-corrected chi connectivity index (χ4v) is 4.19. The van der Waals surface area contributed by atoms with Crippen molar-refractivity contribution in [3.05, 3.63) is 77.9 Å². The number of imidazole rings is 1. The number of nitrogens with zero attached hydrogens (tertiary/aromatic N) is 4. The molecule has 0 unspecified atom stereocenters. The van der Waals surface area contributed by atoms with Gasteiger partial charge < -0.3 is 5.43 Å². The summed E-state index contributed by atoms with van der Waals surface area (Å²) in [5.41, 5.74) is 6.13. The third kappa shape index (κ3) is 5.77. The van der Waals surface area contributed by atoms with Crippen molar-refractivity contribution in [2.24, 2.45) is 7.05 Å². The van der Waals surface area contributed by atoms with E-state index in [1.165, 1.54) is 19.2 Å². The number of aromatic nitrogens is 4. The molecule has 2 aromatic carbocycles. The molecule has 0 amide bonds. The lowest BCUT2D eigenvalue weighted by molar-refractivity contribution is -0.143. The van der Waals surface area contributed by atoms with E-state index in [9.17, 15) is 21.6 Å². The summed E-state index contributed by atoms with van der Waals surface area (Å²) in [6, 6.07) is 14.3. The van der Waals surface area contributed by atoms with Crippen LogP contribution in [0.3, 0.4) is 0 Å². The largest absolute Gasteiger partial charge is 0.433 e. The Bertz CT molecular complexity index is 1430. The second-order valence-electron chi connectivity index (χ2n) is 8.33. The lowest BCUT2D eigenvalue weighted by Gasteiger charge is -2.14. The number of alkyl halides is 3. The van der Waals surface area contributed by atoms with Crippen molar-refractivity contribution in [3.8, 4) is 22.5 Å². The molecular weight excluding hydrogens is 495 g/mol. The van der Waals surface area contributed by atoms with E-state index in [4.69, 9.17) is 4.55 Å². The summed E-state index contributed by atoms with van der Waals surface area (Å²) in [6.45, 7) is 2.76. The lowest BCUT2D eigenvalue weighted by atomic mass is 10.1. The van der Waals surface area contributed by atoms with Crippen LogP contribution in [0.2, 0.25) is 0 Å². The number of aryl methyl sites for hydroxylation is 3. The number of hydrogen-bond acceptors (Lipinski definition) is 5. The van der Waals surface area contributed by atoms with E-state index in [2.05, 4.69) is 15.5 Å². The third-order valence-corrected chi connectivity index (χ3v) is 6.47. The van der Waals surface area contributed by atoms with Crippen LogP contribution in [0.15, 0.2) is 65.7 Å². The topological polar surface area (TPSA) is 102 Å². The van der Waals surface area contributed by atoms with Crippen molar-refractivity contribution in [1.82, 2.24) is 19.4 Å². The molecule has 8 nitrogen and oxygen atoms in total. The average molecular weight is 520 g/mol. The van der Waals surface area contributed by atoms with Crippen LogP contribution in [-0.2, 0) is 29.8 Å². The molecule has 2 N–H and O–H groups in total. The zero-order valence-electron chi connectivity index (χ0n) is 19.5. The summed E-state index contributed by atoms with van der Waals surface area (Å²) >= 11 is 0. The van der Waals surface area contributed by atoms with Gasteiger partial charge in [0.15, 0.2) is 0 Å². The molecule has 0 fully saturated rings. The first-order valence-electron chi connectivity index (χ1n) is 11.0. The number of rotatable bonds is 3. The molecule has 0 radical (unpaired) electrons. The first-order valence-corrected chi connectivity index (χ1v) is 12.4. The quantitative estimate of drug-likeness (QED) is 0.381. The molecule has 190 valence electrons.